The van der Waals surface area contributed by atoms with Crippen molar-refractivity contribution < 1.29 is 28.9 Å². The summed E-state index contributed by atoms with van der Waals surface area (Å²) in [5.74, 6) is -0.355. The van der Waals surface area contributed by atoms with Crippen LogP contribution in [0.1, 0.15) is 37.4 Å². The Balaban J connectivity index is 2.07. The summed E-state index contributed by atoms with van der Waals surface area (Å²) in [7, 11) is 1.53. The van der Waals surface area contributed by atoms with Gasteiger partial charge in [0.1, 0.15) is 17.3 Å². The van der Waals surface area contributed by atoms with Crippen LogP contribution in [0, 0.1) is 0 Å². The second-order valence-corrected chi connectivity index (χ2v) is 7.36. The first kappa shape index (κ1) is 23.3. The van der Waals surface area contributed by atoms with Crippen molar-refractivity contribution in [1.29, 1.82) is 0 Å². The Hall–Kier alpha value is -3.32. The number of methoxy groups -OCH3 is 1. The number of rotatable bonds is 10. The Morgan fingerprint density at radius 1 is 1.00 bits per heavy atom. The fraction of sp³-hybridized carbons (Fsp3) is 0.360. The van der Waals surface area contributed by atoms with Gasteiger partial charge in [0.2, 0.25) is 0 Å². The number of aliphatic hydroxyl groups excluding tert-OH is 1. The fourth-order valence-corrected chi connectivity index (χ4v) is 3.67. The van der Waals surface area contributed by atoms with Crippen LogP contribution in [0.5, 0.6) is 11.5 Å². The van der Waals surface area contributed by atoms with Gasteiger partial charge in [0.15, 0.2) is 0 Å². The van der Waals surface area contributed by atoms with E-state index in [2.05, 4.69) is 0 Å². The molecule has 1 unspecified atom stereocenters. The van der Waals surface area contributed by atoms with Crippen molar-refractivity contribution in [3.05, 3.63) is 65.2 Å². The number of ketones is 1. The molecule has 2 aromatic carbocycles. The summed E-state index contributed by atoms with van der Waals surface area (Å²) < 4.78 is 16.3. The lowest BCUT2D eigenvalue weighted by Gasteiger charge is -2.25. The largest absolute Gasteiger partial charge is 0.507 e. The van der Waals surface area contributed by atoms with Crippen LogP contribution in [-0.2, 0) is 14.3 Å². The molecule has 0 bridgehead atoms. The van der Waals surface area contributed by atoms with E-state index >= 15 is 0 Å². The molecule has 0 saturated carbocycles. The molecule has 1 heterocycles. The van der Waals surface area contributed by atoms with Gasteiger partial charge < -0.3 is 24.2 Å². The summed E-state index contributed by atoms with van der Waals surface area (Å²) >= 11 is 0. The summed E-state index contributed by atoms with van der Waals surface area (Å²) in [6.07, 6.45) is 0.889. The molecule has 1 aliphatic heterocycles. The van der Waals surface area contributed by atoms with Crippen molar-refractivity contribution in [3.8, 4) is 11.5 Å². The topological polar surface area (TPSA) is 85.3 Å². The molecule has 2 aromatic rings. The van der Waals surface area contributed by atoms with E-state index in [-0.39, 0.29) is 24.5 Å². The number of Topliss-reactive ketones (excluding diaryl/α,β-unsaturated/α-hetero) is 1. The van der Waals surface area contributed by atoms with Gasteiger partial charge in [0.25, 0.3) is 11.7 Å². The molecule has 7 heteroatoms. The average Bonchev–Trinajstić information content (AvgIpc) is 3.06. The molecule has 1 atom stereocenters. The highest BCUT2D eigenvalue weighted by Crippen LogP contribution is 2.40. The number of ether oxygens (including phenoxy) is 3. The number of carbonyl (C=O) groups excluding carboxylic acids is 2. The number of hydrogen-bond donors (Lipinski definition) is 1. The average molecular weight is 440 g/mol. The lowest BCUT2D eigenvalue weighted by molar-refractivity contribution is -0.140. The van der Waals surface area contributed by atoms with Crippen LogP contribution in [0.15, 0.2) is 54.1 Å². The monoisotopic (exact) mass is 439 g/mol. The molecule has 3 rings (SSSR count). The number of benzene rings is 2. The molecular formula is C25H29NO6. The van der Waals surface area contributed by atoms with Crippen LogP contribution in [-0.4, -0.2) is 55.2 Å². The van der Waals surface area contributed by atoms with Gasteiger partial charge in [0, 0.05) is 19.2 Å². The van der Waals surface area contributed by atoms with Gasteiger partial charge in [0.05, 0.1) is 31.4 Å². The maximum Gasteiger partial charge on any atom is 0.295 e. The van der Waals surface area contributed by atoms with Gasteiger partial charge in [-0.05, 0) is 43.2 Å². The number of likely N-dealkylation sites (tertiary alicyclic amines) is 1. The maximum absolute atomic E-state index is 13.0. The van der Waals surface area contributed by atoms with E-state index in [1.54, 1.807) is 36.4 Å². The number of amides is 1. The third kappa shape index (κ3) is 4.94. The predicted octanol–water partition coefficient (Wildman–Crippen LogP) is 3.94. The maximum atomic E-state index is 13.0. The number of hydrogen-bond acceptors (Lipinski definition) is 6. The zero-order valence-corrected chi connectivity index (χ0v) is 18.7. The molecule has 0 aromatic heterocycles. The first-order valence-corrected chi connectivity index (χ1v) is 10.7. The van der Waals surface area contributed by atoms with E-state index in [1.807, 2.05) is 26.0 Å². The van der Waals surface area contributed by atoms with E-state index in [9.17, 15) is 14.7 Å². The van der Waals surface area contributed by atoms with Crippen molar-refractivity contribution in [1.82, 2.24) is 4.90 Å². The second-order valence-electron chi connectivity index (χ2n) is 7.36. The molecular weight excluding hydrogens is 410 g/mol. The van der Waals surface area contributed by atoms with E-state index in [0.717, 1.165) is 6.42 Å². The summed E-state index contributed by atoms with van der Waals surface area (Å²) in [6, 6.07) is 13.3. The van der Waals surface area contributed by atoms with Gasteiger partial charge in [-0.1, -0.05) is 31.2 Å². The zero-order chi connectivity index (χ0) is 23.1. The van der Waals surface area contributed by atoms with Crippen LogP contribution in [0.3, 0.4) is 0 Å². The predicted molar refractivity (Wildman–Crippen MR) is 121 cm³/mol. The van der Waals surface area contributed by atoms with E-state index in [4.69, 9.17) is 14.2 Å². The van der Waals surface area contributed by atoms with Gasteiger partial charge in [-0.2, -0.15) is 0 Å². The van der Waals surface area contributed by atoms with Gasteiger partial charge in [-0.15, -0.1) is 0 Å². The molecule has 1 saturated heterocycles. The molecule has 7 nitrogen and oxygen atoms in total. The van der Waals surface area contributed by atoms with E-state index in [1.165, 1.54) is 12.0 Å². The number of carbonyl (C=O) groups is 2. The third-order valence-corrected chi connectivity index (χ3v) is 5.16. The Kier molecular flexibility index (Phi) is 7.89. The quantitative estimate of drug-likeness (QED) is 0.343. The van der Waals surface area contributed by atoms with Gasteiger partial charge in [-0.25, -0.2) is 0 Å². The molecule has 170 valence electrons. The highest BCUT2D eigenvalue weighted by atomic mass is 16.5. The van der Waals surface area contributed by atoms with Crippen molar-refractivity contribution in [2.45, 2.75) is 26.3 Å². The van der Waals surface area contributed by atoms with Gasteiger partial charge >= 0.3 is 0 Å². The van der Waals surface area contributed by atoms with Crippen LogP contribution in [0.2, 0.25) is 0 Å². The first-order valence-electron chi connectivity index (χ1n) is 10.7. The standard InChI is InChI=1S/C25H29NO6/c1-4-14-32-19-11-9-17(10-12-19)22-21(24(28)25(29)26(22)13-15-30-3)23(27)18-7-6-8-20(16-18)31-5-2/h6-12,16,22,27H,4-5,13-15H2,1-3H3/b23-21-. The summed E-state index contributed by atoms with van der Waals surface area (Å²) in [4.78, 5) is 27.3. The lowest BCUT2D eigenvalue weighted by Crippen LogP contribution is -2.32. The smallest absolute Gasteiger partial charge is 0.295 e. The highest BCUT2D eigenvalue weighted by Gasteiger charge is 2.45. The van der Waals surface area contributed by atoms with Crippen LogP contribution < -0.4 is 9.47 Å². The Morgan fingerprint density at radius 3 is 2.41 bits per heavy atom. The minimum absolute atomic E-state index is 0.0435. The molecule has 1 fully saturated rings. The molecule has 1 N–H and O–H groups in total. The minimum atomic E-state index is -0.735. The summed E-state index contributed by atoms with van der Waals surface area (Å²) in [5, 5.41) is 11.1. The Morgan fingerprint density at radius 2 is 1.75 bits per heavy atom. The van der Waals surface area contributed by atoms with Crippen LogP contribution >= 0.6 is 0 Å². The van der Waals surface area contributed by atoms with E-state index < -0.39 is 17.7 Å². The van der Waals surface area contributed by atoms with Crippen LogP contribution in [0.25, 0.3) is 5.76 Å². The third-order valence-electron chi connectivity index (χ3n) is 5.16. The molecule has 0 aliphatic carbocycles. The first-order chi connectivity index (χ1) is 15.5. The summed E-state index contributed by atoms with van der Waals surface area (Å²) in [6.45, 7) is 5.44. The fourth-order valence-electron chi connectivity index (χ4n) is 3.67. The number of nitrogens with zero attached hydrogens (tertiary/aromatic N) is 1. The normalized spacial score (nSPS) is 17.6. The van der Waals surface area contributed by atoms with Crippen molar-refractivity contribution in [2.75, 3.05) is 33.5 Å². The van der Waals surface area contributed by atoms with Gasteiger partial charge in [-0.3, -0.25) is 9.59 Å². The molecule has 1 aliphatic rings. The van der Waals surface area contributed by atoms with E-state index in [0.29, 0.717) is 35.8 Å². The number of aliphatic hydroxyl groups is 1. The Bertz CT molecular complexity index is 982. The van der Waals surface area contributed by atoms with Crippen molar-refractivity contribution in [3.63, 3.8) is 0 Å². The lowest BCUT2D eigenvalue weighted by atomic mass is 9.95. The van der Waals surface area contributed by atoms with Crippen molar-refractivity contribution in [2.24, 2.45) is 0 Å². The molecule has 0 radical (unpaired) electrons. The molecule has 1 amide bonds. The SMILES string of the molecule is CCCOc1ccc(C2/C(=C(/O)c3cccc(OCC)c3)C(=O)C(=O)N2CCOC)cc1. The zero-order valence-electron chi connectivity index (χ0n) is 18.7. The minimum Gasteiger partial charge on any atom is -0.507 e. The highest BCUT2D eigenvalue weighted by molar-refractivity contribution is 6.46. The molecule has 0 spiro atoms. The van der Waals surface area contributed by atoms with Crippen LogP contribution in [0.4, 0.5) is 0 Å². The second kappa shape index (κ2) is 10.8. The summed E-state index contributed by atoms with van der Waals surface area (Å²) in [5.41, 5.74) is 1.15. The Labute approximate surface area is 188 Å². The van der Waals surface area contributed by atoms with Crippen molar-refractivity contribution >= 4 is 17.4 Å². The molecule has 32 heavy (non-hydrogen) atoms.